The number of rotatable bonds is 4. The highest BCUT2D eigenvalue weighted by Gasteiger charge is 2.12. The van der Waals surface area contributed by atoms with Crippen LogP contribution in [0.1, 0.15) is 46.8 Å². The Bertz CT molecular complexity index is 578. The van der Waals surface area contributed by atoms with Gasteiger partial charge >= 0.3 is 0 Å². The first-order valence-corrected chi connectivity index (χ1v) is 7.24. The second kappa shape index (κ2) is 6.01. The summed E-state index contributed by atoms with van der Waals surface area (Å²) in [6.07, 6.45) is 0. The Morgan fingerprint density at radius 2 is 1.74 bits per heavy atom. The van der Waals surface area contributed by atoms with E-state index in [0.29, 0.717) is 11.6 Å². The number of nitrogens with one attached hydrogen (secondary N) is 1. The molecule has 2 nitrogen and oxygen atoms in total. The van der Waals surface area contributed by atoms with E-state index in [1.165, 1.54) is 15.3 Å². The van der Waals surface area contributed by atoms with Gasteiger partial charge in [0.2, 0.25) is 0 Å². The van der Waals surface area contributed by atoms with Gasteiger partial charge in [-0.05, 0) is 50.6 Å². The van der Waals surface area contributed by atoms with Gasteiger partial charge in [-0.3, -0.25) is 0 Å². The standard InChI is InChI=1S/C16H18N2S/c1-11-4-9-16(19-11)13(3)18-12(2)15-7-5-14(10-17)6-8-15/h4-9,12-13,18H,1-3H3. The summed E-state index contributed by atoms with van der Waals surface area (Å²) in [6.45, 7) is 6.47. The molecule has 0 saturated heterocycles. The molecule has 0 bridgehead atoms. The highest BCUT2D eigenvalue weighted by atomic mass is 32.1. The average molecular weight is 270 g/mol. The van der Waals surface area contributed by atoms with E-state index in [-0.39, 0.29) is 6.04 Å². The molecule has 2 atom stereocenters. The summed E-state index contributed by atoms with van der Waals surface area (Å²) >= 11 is 1.83. The van der Waals surface area contributed by atoms with Crippen molar-refractivity contribution in [3.05, 3.63) is 57.3 Å². The number of nitrogens with zero attached hydrogens (tertiary/aromatic N) is 1. The van der Waals surface area contributed by atoms with Gasteiger partial charge < -0.3 is 5.32 Å². The predicted molar refractivity (Wildman–Crippen MR) is 80.2 cm³/mol. The van der Waals surface area contributed by atoms with Crippen molar-refractivity contribution in [2.75, 3.05) is 0 Å². The summed E-state index contributed by atoms with van der Waals surface area (Å²) < 4.78 is 0. The van der Waals surface area contributed by atoms with Gasteiger partial charge in [0.25, 0.3) is 0 Å². The molecule has 0 saturated carbocycles. The number of thiophene rings is 1. The third-order valence-corrected chi connectivity index (χ3v) is 4.41. The van der Waals surface area contributed by atoms with Gasteiger partial charge in [0, 0.05) is 21.8 Å². The van der Waals surface area contributed by atoms with Crippen LogP contribution in [0.5, 0.6) is 0 Å². The molecule has 1 aromatic heterocycles. The average Bonchev–Trinajstić information content (AvgIpc) is 2.85. The first-order chi connectivity index (χ1) is 9.10. The Kier molecular flexibility index (Phi) is 4.36. The number of aryl methyl sites for hydroxylation is 1. The maximum atomic E-state index is 8.80. The van der Waals surface area contributed by atoms with Crippen molar-refractivity contribution in [3.8, 4) is 6.07 Å². The second-order valence-electron chi connectivity index (χ2n) is 4.79. The fourth-order valence-electron chi connectivity index (χ4n) is 2.09. The zero-order valence-electron chi connectivity index (χ0n) is 11.5. The Balaban J connectivity index is 2.04. The minimum absolute atomic E-state index is 0.269. The predicted octanol–water partition coefficient (Wildman–Crippen LogP) is 4.34. The van der Waals surface area contributed by atoms with E-state index in [1.54, 1.807) is 0 Å². The van der Waals surface area contributed by atoms with Gasteiger partial charge in [-0.1, -0.05) is 12.1 Å². The van der Waals surface area contributed by atoms with E-state index in [1.807, 2.05) is 35.6 Å². The van der Waals surface area contributed by atoms with Crippen LogP contribution in [0.15, 0.2) is 36.4 Å². The van der Waals surface area contributed by atoms with E-state index in [0.717, 1.165) is 0 Å². The van der Waals surface area contributed by atoms with Crippen molar-refractivity contribution < 1.29 is 0 Å². The molecule has 0 amide bonds. The van der Waals surface area contributed by atoms with Crippen LogP contribution >= 0.6 is 11.3 Å². The molecule has 0 spiro atoms. The minimum atomic E-state index is 0.269. The second-order valence-corrected chi connectivity index (χ2v) is 6.11. The van der Waals surface area contributed by atoms with Gasteiger partial charge in [-0.15, -0.1) is 11.3 Å². The smallest absolute Gasteiger partial charge is 0.0991 e. The van der Waals surface area contributed by atoms with Crippen molar-refractivity contribution in [1.29, 1.82) is 5.26 Å². The van der Waals surface area contributed by atoms with E-state index in [9.17, 15) is 0 Å². The molecule has 3 heteroatoms. The van der Waals surface area contributed by atoms with Crippen LogP contribution in [-0.2, 0) is 0 Å². The van der Waals surface area contributed by atoms with E-state index in [4.69, 9.17) is 5.26 Å². The summed E-state index contributed by atoms with van der Waals surface area (Å²) in [7, 11) is 0. The lowest BCUT2D eigenvalue weighted by molar-refractivity contribution is 0.500. The molecular weight excluding hydrogens is 252 g/mol. The summed E-state index contributed by atoms with van der Waals surface area (Å²) in [5.41, 5.74) is 1.91. The normalized spacial score (nSPS) is 13.8. The van der Waals surface area contributed by atoms with Crippen LogP contribution in [0.2, 0.25) is 0 Å². The molecule has 0 radical (unpaired) electrons. The zero-order chi connectivity index (χ0) is 13.8. The molecule has 2 unspecified atom stereocenters. The molecule has 19 heavy (non-hydrogen) atoms. The highest BCUT2D eigenvalue weighted by molar-refractivity contribution is 7.12. The van der Waals surface area contributed by atoms with Crippen LogP contribution in [0.3, 0.4) is 0 Å². The quantitative estimate of drug-likeness (QED) is 0.897. The third-order valence-electron chi connectivity index (χ3n) is 3.23. The first kappa shape index (κ1) is 13.8. The fourth-order valence-corrected chi connectivity index (χ4v) is 2.97. The lowest BCUT2D eigenvalue weighted by Crippen LogP contribution is -2.21. The van der Waals surface area contributed by atoms with Crippen molar-refractivity contribution >= 4 is 11.3 Å². The van der Waals surface area contributed by atoms with Crippen molar-refractivity contribution in [2.24, 2.45) is 0 Å². The molecule has 0 aliphatic carbocycles. The van der Waals surface area contributed by atoms with E-state index >= 15 is 0 Å². The highest BCUT2D eigenvalue weighted by Crippen LogP contribution is 2.25. The van der Waals surface area contributed by atoms with Crippen molar-refractivity contribution in [1.82, 2.24) is 5.32 Å². The molecule has 1 heterocycles. The lowest BCUT2D eigenvalue weighted by atomic mass is 10.1. The molecule has 0 aliphatic heterocycles. The Labute approximate surface area is 118 Å². The Hall–Kier alpha value is -1.63. The van der Waals surface area contributed by atoms with Gasteiger partial charge in [0.1, 0.15) is 0 Å². The first-order valence-electron chi connectivity index (χ1n) is 6.42. The molecular formula is C16H18N2S. The summed E-state index contributed by atoms with van der Waals surface area (Å²) in [5, 5.41) is 12.4. The van der Waals surface area contributed by atoms with E-state index < -0.39 is 0 Å². The third kappa shape index (κ3) is 3.44. The topological polar surface area (TPSA) is 35.8 Å². The lowest BCUT2D eigenvalue weighted by Gasteiger charge is -2.19. The number of benzene rings is 1. The molecule has 98 valence electrons. The summed E-state index contributed by atoms with van der Waals surface area (Å²) in [4.78, 5) is 2.70. The minimum Gasteiger partial charge on any atom is -0.303 e. The Morgan fingerprint density at radius 1 is 1.05 bits per heavy atom. The molecule has 0 fully saturated rings. The molecule has 2 rings (SSSR count). The molecule has 0 aliphatic rings. The van der Waals surface area contributed by atoms with Crippen LogP contribution in [0.4, 0.5) is 0 Å². The Morgan fingerprint density at radius 3 is 2.26 bits per heavy atom. The summed E-state index contributed by atoms with van der Waals surface area (Å²) in [6, 6.07) is 14.9. The largest absolute Gasteiger partial charge is 0.303 e. The number of hydrogen-bond acceptors (Lipinski definition) is 3. The number of nitriles is 1. The summed E-state index contributed by atoms with van der Waals surface area (Å²) in [5.74, 6) is 0. The SMILES string of the molecule is Cc1ccc(C(C)NC(C)c2ccc(C#N)cc2)s1. The van der Waals surface area contributed by atoms with E-state index in [2.05, 4.69) is 44.3 Å². The van der Waals surface area contributed by atoms with Gasteiger partial charge in [0.15, 0.2) is 0 Å². The monoisotopic (exact) mass is 270 g/mol. The molecule has 1 aromatic carbocycles. The van der Waals surface area contributed by atoms with Crippen LogP contribution in [0.25, 0.3) is 0 Å². The number of hydrogen-bond donors (Lipinski definition) is 1. The molecule has 1 N–H and O–H groups in total. The fraction of sp³-hybridized carbons (Fsp3) is 0.312. The van der Waals surface area contributed by atoms with Gasteiger partial charge in [0.05, 0.1) is 11.6 Å². The van der Waals surface area contributed by atoms with Crippen LogP contribution in [-0.4, -0.2) is 0 Å². The van der Waals surface area contributed by atoms with Crippen molar-refractivity contribution in [2.45, 2.75) is 32.9 Å². The zero-order valence-corrected chi connectivity index (χ0v) is 12.3. The van der Waals surface area contributed by atoms with Crippen LogP contribution in [0, 0.1) is 18.3 Å². The molecule has 2 aromatic rings. The van der Waals surface area contributed by atoms with Crippen molar-refractivity contribution in [3.63, 3.8) is 0 Å². The van der Waals surface area contributed by atoms with Crippen LogP contribution < -0.4 is 5.32 Å². The maximum Gasteiger partial charge on any atom is 0.0991 e. The van der Waals surface area contributed by atoms with Gasteiger partial charge in [-0.2, -0.15) is 5.26 Å². The maximum absolute atomic E-state index is 8.80. The van der Waals surface area contributed by atoms with Gasteiger partial charge in [-0.25, -0.2) is 0 Å².